The molecule has 1 aromatic heterocycles. The first-order valence-electron chi connectivity index (χ1n) is 8.09. The molecule has 0 radical (unpaired) electrons. The normalized spacial score (nSPS) is 12.6. The van der Waals surface area contributed by atoms with Gasteiger partial charge >= 0.3 is 0 Å². The van der Waals surface area contributed by atoms with Crippen molar-refractivity contribution in [2.45, 2.75) is 33.2 Å². The fourth-order valence-corrected chi connectivity index (χ4v) is 2.65. The van der Waals surface area contributed by atoms with Gasteiger partial charge < -0.3 is 15.0 Å². The van der Waals surface area contributed by atoms with Crippen molar-refractivity contribution < 1.29 is 4.74 Å². The highest BCUT2D eigenvalue weighted by Crippen LogP contribution is 2.28. The molecule has 0 spiro atoms. The van der Waals surface area contributed by atoms with Gasteiger partial charge in [-0.15, -0.1) is 0 Å². The van der Waals surface area contributed by atoms with Crippen molar-refractivity contribution in [3.05, 3.63) is 30.5 Å². The number of rotatable bonds is 8. The molecule has 4 heteroatoms. The highest BCUT2D eigenvalue weighted by atomic mass is 16.5. The van der Waals surface area contributed by atoms with Gasteiger partial charge in [-0.05, 0) is 38.6 Å². The minimum Gasteiger partial charge on any atom is -0.497 e. The van der Waals surface area contributed by atoms with Gasteiger partial charge in [-0.25, -0.2) is 0 Å². The van der Waals surface area contributed by atoms with Crippen LogP contribution in [0.15, 0.2) is 30.5 Å². The van der Waals surface area contributed by atoms with Crippen LogP contribution in [0.1, 0.15) is 27.2 Å². The molecule has 120 valence electrons. The maximum absolute atomic E-state index is 5.40. The third-order valence-electron chi connectivity index (χ3n) is 4.09. The second kappa shape index (κ2) is 7.99. The number of nitrogens with zero attached hydrogens (tertiary/aromatic N) is 2. The van der Waals surface area contributed by atoms with E-state index in [4.69, 9.17) is 4.74 Å². The predicted molar refractivity (Wildman–Crippen MR) is 93.8 cm³/mol. The van der Waals surface area contributed by atoms with Crippen LogP contribution in [0.2, 0.25) is 0 Å². The van der Waals surface area contributed by atoms with Crippen molar-refractivity contribution in [1.82, 2.24) is 9.88 Å². The van der Waals surface area contributed by atoms with Crippen LogP contribution in [0.25, 0.3) is 10.9 Å². The lowest BCUT2D eigenvalue weighted by atomic mass is 10.1. The van der Waals surface area contributed by atoms with Crippen molar-refractivity contribution in [3.8, 4) is 5.75 Å². The molecule has 4 nitrogen and oxygen atoms in total. The van der Waals surface area contributed by atoms with Crippen molar-refractivity contribution >= 4 is 16.6 Å². The molecule has 0 saturated carbocycles. The SMILES string of the molecule is CCN(CC)CCC(C)Nc1cc(OC)cc2cccnc12. The molecule has 1 aromatic carbocycles. The van der Waals surface area contributed by atoms with E-state index in [2.05, 4.69) is 42.0 Å². The minimum atomic E-state index is 0.387. The number of hydrogen-bond donors (Lipinski definition) is 1. The van der Waals surface area contributed by atoms with E-state index in [0.29, 0.717) is 6.04 Å². The van der Waals surface area contributed by atoms with Crippen LogP contribution < -0.4 is 10.1 Å². The van der Waals surface area contributed by atoms with Gasteiger partial charge in [0.05, 0.1) is 18.3 Å². The summed E-state index contributed by atoms with van der Waals surface area (Å²) in [7, 11) is 1.70. The number of aromatic nitrogens is 1. The molecule has 1 heterocycles. The first-order chi connectivity index (χ1) is 10.7. The molecule has 0 fully saturated rings. The number of pyridine rings is 1. The van der Waals surface area contributed by atoms with E-state index in [1.165, 1.54) is 0 Å². The van der Waals surface area contributed by atoms with Crippen molar-refractivity contribution in [2.75, 3.05) is 32.1 Å². The van der Waals surface area contributed by atoms with Gasteiger partial charge in [0.2, 0.25) is 0 Å². The van der Waals surface area contributed by atoms with E-state index >= 15 is 0 Å². The molecule has 0 amide bonds. The van der Waals surface area contributed by atoms with Gasteiger partial charge in [0.25, 0.3) is 0 Å². The van der Waals surface area contributed by atoms with E-state index in [1.54, 1.807) is 7.11 Å². The molecule has 1 N–H and O–H groups in total. The van der Waals surface area contributed by atoms with Crippen molar-refractivity contribution in [1.29, 1.82) is 0 Å². The fourth-order valence-electron chi connectivity index (χ4n) is 2.65. The van der Waals surface area contributed by atoms with Gasteiger partial charge in [-0.1, -0.05) is 19.9 Å². The van der Waals surface area contributed by atoms with Crippen LogP contribution in [0.5, 0.6) is 5.75 Å². The molecule has 2 aromatic rings. The Morgan fingerprint density at radius 3 is 2.73 bits per heavy atom. The third kappa shape index (κ3) is 4.10. The second-order valence-electron chi connectivity index (χ2n) is 5.61. The minimum absolute atomic E-state index is 0.387. The van der Waals surface area contributed by atoms with E-state index in [-0.39, 0.29) is 0 Å². The highest BCUT2D eigenvalue weighted by Gasteiger charge is 2.10. The molecule has 0 aliphatic carbocycles. The van der Waals surface area contributed by atoms with Crippen LogP contribution in [0, 0.1) is 0 Å². The van der Waals surface area contributed by atoms with Crippen LogP contribution in [-0.2, 0) is 0 Å². The summed E-state index contributed by atoms with van der Waals surface area (Å²) in [5.41, 5.74) is 2.04. The maximum atomic E-state index is 5.40. The first kappa shape index (κ1) is 16.6. The van der Waals surface area contributed by atoms with Crippen molar-refractivity contribution in [2.24, 2.45) is 0 Å². The summed E-state index contributed by atoms with van der Waals surface area (Å²) in [6.07, 6.45) is 2.94. The lowest BCUT2D eigenvalue weighted by Crippen LogP contribution is -2.28. The third-order valence-corrected chi connectivity index (χ3v) is 4.09. The zero-order valence-electron chi connectivity index (χ0n) is 14.1. The average molecular weight is 301 g/mol. The Morgan fingerprint density at radius 1 is 1.27 bits per heavy atom. The molecular weight excluding hydrogens is 274 g/mol. The Bertz CT molecular complexity index is 596. The van der Waals surface area contributed by atoms with Crippen LogP contribution >= 0.6 is 0 Å². The number of ether oxygens (including phenoxy) is 1. The largest absolute Gasteiger partial charge is 0.497 e. The Kier molecular flexibility index (Phi) is 6.01. The van der Waals surface area contributed by atoms with Gasteiger partial charge in [0, 0.05) is 30.2 Å². The van der Waals surface area contributed by atoms with E-state index in [0.717, 1.165) is 48.4 Å². The van der Waals surface area contributed by atoms with Gasteiger partial charge in [0.1, 0.15) is 5.75 Å². The van der Waals surface area contributed by atoms with Crippen LogP contribution in [-0.4, -0.2) is 42.7 Å². The molecule has 0 aliphatic rings. The quantitative estimate of drug-likeness (QED) is 0.805. The maximum Gasteiger partial charge on any atom is 0.121 e. The number of fused-ring (bicyclic) bond motifs is 1. The molecule has 2 rings (SSSR count). The molecule has 22 heavy (non-hydrogen) atoms. The summed E-state index contributed by atoms with van der Waals surface area (Å²) in [4.78, 5) is 6.95. The monoisotopic (exact) mass is 301 g/mol. The summed E-state index contributed by atoms with van der Waals surface area (Å²) >= 11 is 0. The number of nitrogens with one attached hydrogen (secondary N) is 1. The molecule has 1 unspecified atom stereocenters. The number of benzene rings is 1. The Labute approximate surface area is 133 Å². The zero-order chi connectivity index (χ0) is 15.9. The summed E-state index contributed by atoms with van der Waals surface area (Å²) in [6, 6.07) is 8.46. The first-order valence-corrected chi connectivity index (χ1v) is 8.09. The van der Waals surface area contributed by atoms with Crippen molar-refractivity contribution in [3.63, 3.8) is 0 Å². The zero-order valence-corrected chi connectivity index (χ0v) is 14.1. The fraction of sp³-hybridized carbons (Fsp3) is 0.500. The summed E-state index contributed by atoms with van der Waals surface area (Å²) in [5, 5.41) is 4.69. The molecule has 1 atom stereocenters. The van der Waals surface area contributed by atoms with E-state index in [1.807, 2.05) is 24.4 Å². The second-order valence-corrected chi connectivity index (χ2v) is 5.61. The Hall–Kier alpha value is -1.81. The highest BCUT2D eigenvalue weighted by molar-refractivity contribution is 5.91. The molecule has 0 bridgehead atoms. The van der Waals surface area contributed by atoms with Gasteiger partial charge in [-0.2, -0.15) is 0 Å². The summed E-state index contributed by atoms with van der Waals surface area (Å²) in [5.74, 6) is 0.860. The Balaban J connectivity index is 2.12. The molecule has 0 aliphatic heterocycles. The lowest BCUT2D eigenvalue weighted by Gasteiger charge is -2.22. The number of anilines is 1. The standard InChI is InChI=1S/C18H27N3O/c1-5-21(6-2)11-9-14(3)20-17-13-16(22-4)12-15-8-7-10-19-18(15)17/h7-8,10,12-14,20H,5-6,9,11H2,1-4H3. The van der Waals surface area contributed by atoms with Crippen LogP contribution in [0.4, 0.5) is 5.69 Å². The van der Waals surface area contributed by atoms with E-state index < -0.39 is 0 Å². The smallest absolute Gasteiger partial charge is 0.121 e. The lowest BCUT2D eigenvalue weighted by molar-refractivity contribution is 0.295. The topological polar surface area (TPSA) is 37.4 Å². The number of hydrogen-bond acceptors (Lipinski definition) is 4. The number of methoxy groups -OCH3 is 1. The summed E-state index contributed by atoms with van der Waals surface area (Å²) in [6.45, 7) is 9.95. The Morgan fingerprint density at radius 2 is 2.05 bits per heavy atom. The van der Waals surface area contributed by atoms with E-state index in [9.17, 15) is 0 Å². The van der Waals surface area contributed by atoms with Crippen LogP contribution in [0.3, 0.4) is 0 Å². The predicted octanol–water partition coefficient (Wildman–Crippen LogP) is 3.78. The molecule has 0 saturated heterocycles. The van der Waals surface area contributed by atoms with Gasteiger partial charge in [0.15, 0.2) is 0 Å². The van der Waals surface area contributed by atoms with Gasteiger partial charge in [-0.3, -0.25) is 4.98 Å². The average Bonchev–Trinajstić information content (AvgIpc) is 2.55. The molecular formula is C18H27N3O. The summed E-state index contributed by atoms with van der Waals surface area (Å²) < 4.78 is 5.40.